The molecule has 2 aromatic rings. The van der Waals surface area contributed by atoms with E-state index in [0.29, 0.717) is 16.4 Å². The molecule has 7 nitrogen and oxygen atoms in total. The highest BCUT2D eigenvalue weighted by Gasteiger charge is 2.44. The Morgan fingerprint density at radius 1 is 1.22 bits per heavy atom. The molecule has 1 fully saturated rings. The monoisotopic (exact) mass is 332 g/mol. The molecule has 0 N–H and O–H groups in total. The minimum Gasteiger partial charge on any atom is -0.330 e. The van der Waals surface area contributed by atoms with Crippen molar-refractivity contribution in [3.05, 3.63) is 41.7 Å². The lowest BCUT2D eigenvalue weighted by atomic mass is 10.3. The number of fused-ring (bicyclic) bond motifs is 1. The number of nitrogens with zero attached hydrogens (tertiary/aromatic N) is 4. The van der Waals surface area contributed by atoms with Crippen LogP contribution in [0.3, 0.4) is 0 Å². The van der Waals surface area contributed by atoms with Crippen LogP contribution < -0.4 is 0 Å². The number of imidazole rings is 1. The lowest BCUT2D eigenvalue weighted by Crippen LogP contribution is -2.33. The largest absolute Gasteiger partial charge is 0.334 e. The molecule has 0 saturated carbocycles. The number of benzene rings is 1. The summed E-state index contributed by atoms with van der Waals surface area (Å²) in [6.07, 6.45) is 1.39. The summed E-state index contributed by atoms with van der Waals surface area (Å²) in [4.78, 5) is 42.2. The molecule has 0 spiro atoms. The number of aryl methyl sites for hydroxylation is 1. The van der Waals surface area contributed by atoms with Crippen molar-refractivity contribution in [3.8, 4) is 0 Å². The predicted molar refractivity (Wildman–Crippen MR) is 83.6 cm³/mol. The van der Waals surface area contributed by atoms with Gasteiger partial charge in [-0.05, 0) is 18.2 Å². The van der Waals surface area contributed by atoms with E-state index in [0.717, 1.165) is 15.3 Å². The number of hydrogen-bond donors (Lipinski definition) is 0. The van der Waals surface area contributed by atoms with Crippen molar-refractivity contribution in [2.24, 2.45) is 7.05 Å². The minimum atomic E-state index is -0.859. The topological polar surface area (TPSA) is 75.5 Å². The van der Waals surface area contributed by atoms with E-state index in [2.05, 4.69) is 11.6 Å². The third-order valence-electron chi connectivity index (χ3n) is 3.68. The van der Waals surface area contributed by atoms with Crippen LogP contribution in [0.4, 0.5) is 4.79 Å². The molecule has 1 aromatic heterocycles. The molecular weight excluding hydrogens is 320 g/mol. The van der Waals surface area contributed by atoms with E-state index < -0.39 is 17.8 Å². The molecular formula is C15H13ClN4O3. The van der Waals surface area contributed by atoms with Crippen molar-refractivity contribution in [3.63, 3.8) is 0 Å². The van der Waals surface area contributed by atoms with Crippen LogP contribution in [0.1, 0.15) is 5.82 Å². The number of imide groups is 2. The van der Waals surface area contributed by atoms with Crippen LogP contribution in [0.25, 0.3) is 11.0 Å². The Labute approximate surface area is 136 Å². The van der Waals surface area contributed by atoms with Crippen LogP contribution in [0.5, 0.6) is 0 Å². The summed E-state index contributed by atoms with van der Waals surface area (Å²) in [5.74, 6) is -1.23. The summed E-state index contributed by atoms with van der Waals surface area (Å²) in [7, 11) is 1.77. The highest BCUT2D eigenvalue weighted by Crippen LogP contribution is 2.22. The second-order valence-electron chi connectivity index (χ2n) is 5.10. The van der Waals surface area contributed by atoms with Gasteiger partial charge in [0.2, 0.25) is 0 Å². The number of carbonyl (C=O) groups excluding carboxylic acids is 3. The number of carbonyl (C=O) groups is 3. The SMILES string of the molecule is C=CCN1C(=O)C(=O)N(Cc2nc3cc(Cl)ccc3n2C)C1=O. The van der Waals surface area contributed by atoms with E-state index in [4.69, 9.17) is 11.6 Å². The third-order valence-corrected chi connectivity index (χ3v) is 3.92. The molecule has 0 aliphatic carbocycles. The summed E-state index contributed by atoms with van der Waals surface area (Å²) in [5.41, 5.74) is 1.47. The Kier molecular flexibility index (Phi) is 3.65. The van der Waals surface area contributed by atoms with E-state index in [1.54, 1.807) is 29.8 Å². The number of aromatic nitrogens is 2. The van der Waals surface area contributed by atoms with Crippen molar-refractivity contribution in [1.82, 2.24) is 19.4 Å². The highest BCUT2D eigenvalue weighted by molar-refractivity contribution is 6.44. The molecule has 1 saturated heterocycles. The van der Waals surface area contributed by atoms with Gasteiger partial charge in [-0.25, -0.2) is 14.7 Å². The zero-order valence-corrected chi connectivity index (χ0v) is 13.1. The molecule has 2 heterocycles. The van der Waals surface area contributed by atoms with E-state index in [9.17, 15) is 14.4 Å². The first-order valence-corrected chi connectivity index (χ1v) is 7.21. The first kappa shape index (κ1) is 15.2. The maximum atomic E-state index is 12.2. The molecule has 1 aliphatic rings. The molecule has 0 bridgehead atoms. The molecule has 0 unspecified atom stereocenters. The Morgan fingerprint density at radius 2 is 1.91 bits per heavy atom. The number of halogens is 1. The fourth-order valence-corrected chi connectivity index (χ4v) is 2.65. The van der Waals surface area contributed by atoms with Crippen LogP contribution in [0, 0.1) is 0 Å². The van der Waals surface area contributed by atoms with Gasteiger partial charge in [-0.2, -0.15) is 0 Å². The normalized spacial score (nSPS) is 15.1. The van der Waals surface area contributed by atoms with Crippen LogP contribution in [-0.2, 0) is 23.2 Å². The Balaban J connectivity index is 1.94. The summed E-state index contributed by atoms with van der Waals surface area (Å²) in [5, 5.41) is 0.544. The third kappa shape index (κ3) is 2.39. The van der Waals surface area contributed by atoms with Crippen LogP contribution >= 0.6 is 11.6 Å². The van der Waals surface area contributed by atoms with E-state index in [1.807, 2.05) is 0 Å². The fraction of sp³-hybridized carbons (Fsp3) is 0.200. The Bertz CT molecular complexity index is 858. The van der Waals surface area contributed by atoms with E-state index in [1.165, 1.54) is 6.08 Å². The zero-order chi connectivity index (χ0) is 16.7. The van der Waals surface area contributed by atoms with E-state index >= 15 is 0 Å². The van der Waals surface area contributed by atoms with Gasteiger partial charge in [0.25, 0.3) is 0 Å². The van der Waals surface area contributed by atoms with Gasteiger partial charge >= 0.3 is 17.8 Å². The van der Waals surface area contributed by atoms with Gasteiger partial charge in [0, 0.05) is 18.6 Å². The van der Waals surface area contributed by atoms with Gasteiger partial charge in [-0.15, -0.1) is 6.58 Å². The predicted octanol–water partition coefficient (Wildman–Crippen LogP) is 1.70. The van der Waals surface area contributed by atoms with Gasteiger partial charge in [0.15, 0.2) is 0 Å². The second kappa shape index (κ2) is 5.51. The molecule has 0 radical (unpaired) electrons. The highest BCUT2D eigenvalue weighted by atomic mass is 35.5. The first-order chi connectivity index (χ1) is 10.9. The quantitative estimate of drug-likeness (QED) is 0.485. The van der Waals surface area contributed by atoms with Gasteiger partial charge in [0.1, 0.15) is 5.82 Å². The van der Waals surface area contributed by atoms with Crippen LogP contribution in [-0.4, -0.2) is 43.7 Å². The Hall–Kier alpha value is -2.67. The molecule has 1 aliphatic heterocycles. The molecule has 118 valence electrons. The summed E-state index contributed by atoms with van der Waals surface area (Å²) >= 11 is 5.94. The van der Waals surface area contributed by atoms with Gasteiger partial charge in [-0.3, -0.25) is 14.5 Å². The molecule has 23 heavy (non-hydrogen) atoms. The van der Waals surface area contributed by atoms with Crippen LogP contribution in [0.15, 0.2) is 30.9 Å². The fourth-order valence-electron chi connectivity index (χ4n) is 2.49. The van der Waals surface area contributed by atoms with Crippen molar-refractivity contribution in [2.45, 2.75) is 6.54 Å². The molecule has 0 atom stereocenters. The Morgan fingerprint density at radius 3 is 2.61 bits per heavy atom. The van der Waals surface area contributed by atoms with Crippen molar-refractivity contribution >= 4 is 40.5 Å². The molecule has 8 heteroatoms. The van der Waals surface area contributed by atoms with Crippen LogP contribution in [0.2, 0.25) is 5.02 Å². The maximum Gasteiger partial charge on any atom is 0.334 e. The molecule has 3 rings (SSSR count). The lowest BCUT2D eigenvalue weighted by Gasteiger charge is -2.13. The first-order valence-electron chi connectivity index (χ1n) is 6.83. The molecule has 1 aromatic carbocycles. The molecule has 4 amide bonds. The van der Waals surface area contributed by atoms with E-state index in [-0.39, 0.29) is 13.1 Å². The number of amides is 4. The average molecular weight is 333 g/mol. The average Bonchev–Trinajstić information content (AvgIpc) is 2.92. The number of hydrogen-bond acceptors (Lipinski definition) is 4. The number of rotatable bonds is 4. The summed E-state index contributed by atoms with van der Waals surface area (Å²) < 4.78 is 1.76. The zero-order valence-electron chi connectivity index (χ0n) is 12.3. The van der Waals surface area contributed by atoms with Gasteiger partial charge < -0.3 is 4.57 Å². The maximum absolute atomic E-state index is 12.2. The van der Waals surface area contributed by atoms with Crippen molar-refractivity contribution in [2.75, 3.05) is 6.54 Å². The van der Waals surface area contributed by atoms with Gasteiger partial charge in [-0.1, -0.05) is 17.7 Å². The van der Waals surface area contributed by atoms with Crippen molar-refractivity contribution in [1.29, 1.82) is 0 Å². The lowest BCUT2D eigenvalue weighted by molar-refractivity contribution is -0.143. The van der Waals surface area contributed by atoms with Gasteiger partial charge in [0.05, 0.1) is 17.6 Å². The smallest absolute Gasteiger partial charge is 0.330 e. The second-order valence-corrected chi connectivity index (χ2v) is 5.53. The summed E-state index contributed by atoms with van der Waals surface area (Å²) in [6, 6.07) is 4.57. The van der Waals surface area contributed by atoms with Crippen molar-refractivity contribution < 1.29 is 14.4 Å². The minimum absolute atomic E-state index is 0.00193. The number of urea groups is 1. The summed E-state index contributed by atoms with van der Waals surface area (Å²) in [6.45, 7) is 3.39. The standard InChI is InChI=1S/C15H13ClN4O3/c1-3-6-19-13(21)14(22)20(15(19)23)8-12-17-10-7-9(16)4-5-11(10)18(12)2/h3-5,7H,1,6,8H2,2H3.